The van der Waals surface area contributed by atoms with Crippen molar-refractivity contribution in [3.63, 3.8) is 0 Å². The average Bonchev–Trinajstić information content (AvgIpc) is 3.28. The van der Waals surface area contributed by atoms with Crippen LogP contribution in [0.5, 0.6) is 5.75 Å². The van der Waals surface area contributed by atoms with Gasteiger partial charge in [-0.3, -0.25) is 4.79 Å². The van der Waals surface area contributed by atoms with Gasteiger partial charge < -0.3 is 20.6 Å². The van der Waals surface area contributed by atoms with E-state index in [1.54, 1.807) is 12.1 Å². The SMILES string of the molecule is O=C(NCc1ccccc1)NC1(C(=O)N2CCC(c3ccc(O)cc3)CC2)CCCC1. The van der Waals surface area contributed by atoms with Gasteiger partial charge in [0, 0.05) is 19.6 Å². The molecular weight excluding hydrogens is 390 g/mol. The number of benzene rings is 2. The third-order valence-corrected chi connectivity index (χ3v) is 6.66. The third-order valence-electron chi connectivity index (χ3n) is 6.66. The zero-order valence-electron chi connectivity index (χ0n) is 17.8. The minimum atomic E-state index is -0.786. The summed E-state index contributed by atoms with van der Waals surface area (Å²) in [6.07, 6.45) is 5.09. The first-order valence-corrected chi connectivity index (χ1v) is 11.2. The number of carbonyl (C=O) groups excluding carboxylic acids is 2. The summed E-state index contributed by atoms with van der Waals surface area (Å²) in [5.74, 6) is 0.728. The Morgan fingerprint density at radius 3 is 2.26 bits per heavy atom. The molecule has 2 fully saturated rings. The van der Waals surface area contributed by atoms with Crippen molar-refractivity contribution in [1.82, 2.24) is 15.5 Å². The molecule has 0 unspecified atom stereocenters. The summed E-state index contributed by atoms with van der Waals surface area (Å²) < 4.78 is 0. The molecule has 4 rings (SSSR count). The van der Waals surface area contributed by atoms with E-state index < -0.39 is 5.54 Å². The molecule has 6 nitrogen and oxygen atoms in total. The lowest BCUT2D eigenvalue weighted by molar-refractivity contribution is -0.139. The van der Waals surface area contributed by atoms with Crippen molar-refractivity contribution in [1.29, 1.82) is 0 Å². The molecule has 1 saturated carbocycles. The Bertz CT molecular complexity index is 884. The van der Waals surface area contributed by atoms with E-state index in [0.29, 0.717) is 38.4 Å². The molecule has 0 bridgehead atoms. The Morgan fingerprint density at radius 1 is 0.968 bits per heavy atom. The van der Waals surface area contributed by atoms with Crippen LogP contribution in [-0.4, -0.2) is 40.6 Å². The number of nitrogens with zero attached hydrogens (tertiary/aromatic N) is 1. The van der Waals surface area contributed by atoms with E-state index in [-0.39, 0.29) is 17.7 Å². The summed E-state index contributed by atoms with van der Waals surface area (Å²) in [5, 5.41) is 15.4. The first-order valence-electron chi connectivity index (χ1n) is 11.2. The molecule has 0 radical (unpaired) electrons. The predicted molar refractivity (Wildman–Crippen MR) is 120 cm³/mol. The minimum Gasteiger partial charge on any atom is -0.508 e. The largest absolute Gasteiger partial charge is 0.508 e. The molecule has 2 aliphatic rings. The molecule has 2 aromatic carbocycles. The maximum atomic E-state index is 13.5. The summed E-state index contributed by atoms with van der Waals surface area (Å²) in [7, 11) is 0. The van der Waals surface area contributed by atoms with Crippen molar-refractivity contribution < 1.29 is 14.7 Å². The van der Waals surface area contributed by atoms with Gasteiger partial charge in [0.25, 0.3) is 0 Å². The van der Waals surface area contributed by atoms with Gasteiger partial charge in [-0.05, 0) is 54.9 Å². The van der Waals surface area contributed by atoms with E-state index in [9.17, 15) is 14.7 Å². The molecule has 3 amide bonds. The number of rotatable bonds is 5. The number of carbonyl (C=O) groups is 2. The normalized spacial score (nSPS) is 18.5. The molecule has 6 heteroatoms. The average molecular weight is 422 g/mol. The quantitative estimate of drug-likeness (QED) is 0.685. The Labute approximate surface area is 183 Å². The summed E-state index contributed by atoms with van der Waals surface area (Å²) in [6, 6.07) is 16.9. The highest BCUT2D eigenvalue weighted by molar-refractivity contribution is 5.91. The van der Waals surface area contributed by atoms with Crippen LogP contribution in [0.15, 0.2) is 54.6 Å². The van der Waals surface area contributed by atoms with Gasteiger partial charge in [0.1, 0.15) is 11.3 Å². The zero-order chi connectivity index (χ0) is 21.7. The molecule has 0 aromatic heterocycles. The van der Waals surface area contributed by atoms with Crippen molar-refractivity contribution in [3.05, 3.63) is 65.7 Å². The number of phenols is 1. The number of amides is 3. The molecule has 1 saturated heterocycles. The van der Waals surface area contributed by atoms with Crippen molar-refractivity contribution in [2.75, 3.05) is 13.1 Å². The summed E-state index contributed by atoms with van der Waals surface area (Å²) in [5.41, 5.74) is 1.45. The maximum Gasteiger partial charge on any atom is 0.315 e. The lowest BCUT2D eigenvalue weighted by Gasteiger charge is -2.39. The van der Waals surface area contributed by atoms with E-state index in [2.05, 4.69) is 10.6 Å². The lowest BCUT2D eigenvalue weighted by Crippen LogP contribution is -2.60. The number of piperidine rings is 1. The Kier molecular flexibility index (Phi) is 6.44. The van der Waals surface area contributed by atoms with Crippen molar-refractivity contribution in [3.8, 4) is 5.75 Å². The number of urea groups is 1. The number of phenolic OH excluding ortho intramolecular Hbond substituents is 1. The summed E-state index contributed by atoms with van der Waals surface area (Å²) in [4.78, 5) is 28.0. The molecule has 164 valence electrons. The van der Waals surface area contributed by atoms with Crippen LogP contribution in [0.1, 0.15) is 55.6 Å². The van der Waals surface area contributed by atoms with Crippen molar-refractivity contribution >= 4 is 11.9 Å². The molecular formula is C25H31N3O3. The molecule has 1 aliphatic heterocycles. The number of aromatic hydroxyl groups is 1. The van der Waals surface area contributed by atoms with Gasteiger partial charge in [0.15, 0.2) is 0 Å². The fourth-order valence-electron chi connectivity index (χ4n) is 4.88. The first kappa shape index (κ1) is 21.2. The predicted octanol–water partition coefficient (Wildman–Crippen LogP) is 3.91. The second-order valence-corrected chi connectivity index (χ2v) is 8.74. The topological polar surface area (TPSA) is 81.7 Å². The van der Waals surface area contributed by atoms with Crippen LogP contribution in [0.2, 0.25) is 0 Å². The van der Waals surface area contributed by atoms with Crippen molar-refractivity contribution in [2.45, 2.75) is 56.5 Å². The smallest absolute Gasteiger partial charge is 0.315 e. The molecule has 0 atom stereocenters. The van der Waals surface area contributed by atoms with E-state index in [4.69, 9.17) is 0 Å². The third kappa shape index (κ3) is 5.01. The summed E-state index contributed by atoms with van der Waals surface area (Å²) >= 11 is 0. The van der Waals surface area contributed by atoms with Crippen molar-refractivity contribution in [2.24, 2.45) is 0 Å². The van der Waals surface area contributed by atoms with Gasteiger partial charge in [-0.15, -0.1) is 0 Å². The summed E-state index contributed by atoms with van der Waals surface area (Å²) in [6.45, 7) is 1.83. The standard InChI is InChI=1S/C25H31N3O3/c29-22-10-8-20(9-11-22)21-12-16-28(17-13-21)23(30)25(14-4-5-15-25)27-24(31)26-18-19-6-2-1-3-7-19/h1-3,6-11,21,29H,4-5,12-18H2,(H2,26,27,31). The number of hydrogen-bond acceptors (Lipinski definition) is 3. The molecule has 1 aliphatic carbocycles. The highest BCUT2D eigenvalue weighted by Crippen LogP contribution is 2.35. The van der Waals surface area contributed by atoms with Crippen LogP contribution >= 0.6 is 0 Å². The Balaban J connectivity index is 1.34. The van der Waals surface area contributed by atoms with Gasteiger partial charge in [-0.2, -0.15) is 0 Å². The number of hydrogen-bond donors (Lipinski definition) is 3. The van der Waals surface area contributed by atoms with Gasteiger partial charge in [-0.25, -0.2) is 4.79 Å². The van der Waals surface area contributed by atoms with E-state index in [0.717, 1.165) is 31.2 Å². The second-order valence-electron chi connectivity index (χ2n) is 8.74. The van der Waals surface area contributed by atoms with Gasteiger partial charge in [0.05, 0.1) is 0 Å². The lowest BCUT2D eigenvalue weighted by atomic mass is 9.87. The maximum absolute atomic E-state index is 13.5. The second kappa shape index (κ2) is 9.41. The van der Waals surface area contributed by atoms with E-state index in [1.165, 1.54) is 5.56 Å². The number of nitrogens with one attached hydrogen (secondary N) is 2. The van der Waals surface area contributed by atoms with Crippen LogP contribution in [0, 0.1) is 0 Å². The molecule has 0 spiro atoms. The number of likely N-dealkylation sites (tertiary alicyclic amines) is 1. The highest BCUT2D eigenvalue weighted by Gasteiger charge is 2.45. The fraction of sp³-hybridized carbons (Fsp3) is 0.440. The van der Waals surface area contributed by atoms with E-state index >= 15 is 0 Å². The highest BCUT2D eigenvalue weighted by atomic mass is 16.3. The molecule has 1 heterocycles. The van der Waals surface area contributed by atoms with Gasteiger partial charge >= 0.3 is 6.03 Å². The van der Waals surface area contributed by atoms with Crippen LogP contribution in [-0.2, 0) is 11.3 Å². The Morgan fingerprint density at radius 2 is 1.61 bits per heavy atom. The first-order chi connectivity index (χ1) is 15.1. The van der Waals surface area contributed by atoms with Gasteiger partial charge in [-0.1, -0.05) is 55.3 Å². The monoisotopic (exact) mass is 421 g/mol. The molecule has 3 N–H and O–H groups in total. The van der Waals surface area contributed by atoms with Crippen LogP contribution in [0.3, 0.4) is 0 Å². The molecule has 2 aromatic rings. The molecule has 31 heavy (non-hydrogen) atoms. The fourth-order valence-corrected chi connectivity index (χ4v) is 4.88. The van der Waals surface area contributed by atoms with E-state index in [1.807, 2.05) is 47.4 Å². The van der Waals surface area contributed by atoms with Crippen LogP contribution < -0.4 is 10.6 Å². The van der Waals surface area contributed by atoms with Crippen LogP contribution in [0.25, 0.3) is 0 Å². The zero-order valence-corrected chi connectivity index (χ0v) is 17.8. The van der Waals surface area contributed by atoms with Crippen LogP contribution in [0.4, 0.5) is 4.79 Å². The minimum absolute atomic E-state index is 0.0593. The van der Waals surface area contributed by atoms with Gasteiger partial charge in [0.2, 0.25) is 5.91 Å². The Hall–Kier alpha value is -3.02.